The van der Waals surface area contributed by atoms with Crippen molar-refractivity contribution in [1.29, 1.82) is 0 Å². The van der Waals surface area contributed by atoms with Gasteiger partial charge in [-0.2, -0.15) is 0 Å². The Morgan fingerprint density at radius 2 is 0.773 bits per heavy atom. The molecule has 0 radical (unpaired) electrons. The van der Waals surface area contributed by atoms with Crippen molar-refractivity contribution in [3.8, 4) is 11.8 Å². The molecule has 2 fully saturated rings. The van der Waals surface area contributed by atoms with Crippen molar-refractivity contribution in [3.63, 3.8) is 0 Å². The van der Waals surface area contributed by atoms with E-state index in [4.69, 9.17) is 0 Å². The third kappa shape index (κ3) is 3.19. The van der Waals surface area contributed by atoms with Gasteiger partial charge in [-0.15, -0.1) is 0 Å². The molecule has 0 aromatic rings. The van der Waals surface area contributed by atoms with Crippen LogP contribution < -0.4 is 0 Å². The van der Waals surface area contributed by atoms with Gasteiger partial charge < -0.3 is 0 Å². The molecule has 0 saturated heterocycles. The molecule has 0 aromatic carbocycles. The Morgan fingerprint density at radius 3 is 1.00 bits per heavy atom. The van der Waals surface area contributed by atoms with Gasteiger partial charge in [-0.1, -0.05) is 78.4 Å². The van der Waals surface area contributed by atoms with Crippen LogP contribution in [0.25, 0.3) is 0 Å². The van der Waals surface area contributed by atoms with E-state index in [1.807, 2.05) is 0 Å². The van der Waals surface area contributed by atoms with Crippen molar-refractivity contribution in [3.05, 3.63) is 23.3 Å². The normalized spacial score (nSPS) is 27.3. The molecule has 0 aromatic heterocycles. The number of hydrogen-bond donors (Lipinski definition) is 0. The van der Waals surface area contributed by atoms with Crippen molar-refractivity contribution in [2.75, 3.05) is 0 Å². The summed E-state index contributed by atoms with van der Waals surface area (Å²) < 4.78 is 0. The summed E-state index contributed by atoms with van der Waals surface area (Å²) in [5.41, 5.74) is 4.26. The second-order valence-electron chi connectivity index (χ2n) is 9.94. The van der Waals surface area contributed by atoms with Gasteiger partial charge >= 0.3 is 0 Å². The van der Waals surface area contributed by atoms with Crippen LogP contribution in [0.2, 0.25) is 0 Å². The molecule has 2 aliphatic carbocycles. The van der Waals surface area contributed by atoms with Crippen molar-refractivity contribution < 1.29 is 0 Å². The van der Waals surface area contributed by atoms with Gasteiger partial charge in [-0.25, -0.2) is 0 Å². The Kier molecular flexibility index (Phi) is 4.19. The van der Waals surface area contributed by atoms with E-state index in [0.717, 1.165) is 0 Å². The molecule has 0 nitrogen and oxygen atoms in total. The highest BCUT2D eigenvalue weighted by molar-refractivity contribution is 5.38. The minimum atomic E-state index is 0.303. The number of rotatable bonds is 0. The average Bonchev–Trinajstić information content (AvgIpc) is 2.69. The van der Waals surface area contributed by atoms with Crippen LogP contribution in [-0.4, -0.2) is 0 Å². The molecular formula is C22H34. The first-order valence-electron chi connectivity index (χ1n) is 8.82. The molecule has 2 rings (SSSR count). The minimum Gasteiger partial charge on any atom is -0.0703 e. The van der Waals surface area contributed by atoms with Crippen LogP contribution in [0.15, 0.2) is 23.3 Å². The monoisotopic (exact) mass is 298 g/mol. The third-order valence-electron chi connectivity index (χ3n) is 6.18. The van der Waals surface area contributed by atoms with Crippen molar-refractivity contribution >= 4 is 0 Å². The topological polar surface area (TPSA) is 0 Å². The Balaban J connectivity index is 2.28. The van der Waals surface area contributed by atoms with Crippen LogP contribution in [0.5, 0.6) is 0 Å². The summed E-state index contributed by atoms with van der Waals surface area (Å²) in [6.45, 7) is 18.9. The standard InChI is InChI=1S/C22H34/c1-19(2)13-14-20(3,4)17(19)11-9-10-12-18-21(5,6)15-16-22(18,7)8/h11-12H,13-16H2,1-8H3. The van der Waals surface area contributed by atoms with Crippen LogP contribution in [0.4, 0.5) is 0 Å². The molecule has 2 aliphatic rings. The number of hydrogen-bond acceptors (Lipinski definition) is 0. The van der Waals surface area contributed by atoms with Gasteiger partial charge in [0.1, 0.15) is 0 Å². The molecule has 0 heterocycles. The molecule has 122 valence electrons. The molecule has 2 saturated carbocycles. The zero-order chi connectivity index (χ0) is 16.8. The lowest BCUT2D eigenvalue weighted by molar-refractivity contribution is 0.444. The van der Waals surface area contributed by atoms with E-state index in [1.165, 1.54) is 36.8 Å². The highest BCUT2D eigenvalue weighted by Crippen LogP contribution is 2.54. The Hall–Kier alpha value is -0.960. The van der Waals surface area contributed by atoms with Gasteiger partial charge in [0.05, 0.1) is 0 Å². The smallest absolute Gasteiger partial charge is 0.0113 e. The predicted molar refractivity (Wildman–Crippen MR) is 97.5 cm³/mol. The first-order valence-corrected chi connectivity index (χ1v) is 8.82. The summed E-state index contributed by atoms with van der Waals surface area (Å²) in [5, 5.41) is 0. The van der Waals surface area contributed by atoms with Gasteiger partial charge in [0, 0.05) is 0 Å². The second-order valence-corrected chi connectivity index (χ2v) is 9.94. The Labute approximate surface area is 138 Å². The largest absolute Gasteiger partial charge is 0.0703 e. The van der Waals surface area contributed by atoms with Crippen LogP contribution in [0.1, 0.15) is 81.1 Å². The van der Waals surface area contributed by atoms with E-state index in [-0.39, 0.29) is 0 Å². The fourth-order valence-corrected chi connectivity index (χ4v) is 4.63. The molecule has 0 atom stereocenters. The maximum absolute atomic E-state index is 3.35. The highest BCUT2D eigenvalue weighted by Gasteiger charge is 2.42. The predicted octanol–water partition coefficient (Wildman–Crippen LogP) is 6.54. The van der Waals surface area contributed by atoms with E-state index in [1.54, 1.807) is 0 Å². The quantitative estimate of drug-likeness (QED) is 0.446. The van der Waals surface area contributed by atoms with Gasteiger partial charge in [0.15, 0.2) is 0 Å². The van der Waals surface area contributed by atoms with Crippen LogP contribution in [0, 0.1) is 33.5 Å². The van der Waals surface area contributed by atoms with E-state index in [2.05, 4.69) is 79.4 Å². The SMILES string of the molecule is CC1(C)CCC(C)(C)C1=CC#CC=C1C(C)(C)CCC1(C)C. The zero-order valence-corrected chi connectivity index (χ0v) is 16.0. The van der Waals surface area contributed by atoms with E-state index < -0.39 is 0 Å². The van der Waals surface area contributed by atoms with Gasteiger partial charge in [-0.05, 0) is 59.5 Å². The van der Waals surface area contributed by atoms with E-state index in [9.17, 15) is 0 Å². The first-order chi connectivity index (χ1) is 9.89. The molecule has 0 spiro atoms. The molecule has 0 bridgehead atoms. The molecule has 22 heavy (non-hydrogen) atoms. The van der Waals surface area contributed by atoms with Crippen molar-refractivity contribution in [1.82, 2.24) is 0 Å². The molecule has 0 N–H and O–H groups in total. The van der Waals surface area contributed by atoms with Gasteiger partial charge in [0.25, 0.3) is 0 Å². The summed E-state index contributed by atoms with van der Waals surface area (Å²) in [7, 11) is 0. The summed E-state index contributed by atoms with van der Waals surface area (Å²) in [4.78, 5) is 0. The fraction of sp³-hybridized carbons (Fsp3) is 0.727. The lowest BCUT2D eigenvalue weighted by atomic mass is 9.77. The average molecular weight is 299 g/mol. The number of allylic oxidation sites excluding steroid dienone is 4. The zero-order valence-electron chi connectivity index (χ0n) is 16.0. The van der Waals surface area contributed by atoms with Gasteiger partial charge in [0.2, 0.25) is 0 Å². The van der Waals surface area contributed by atoms with Crippen LogP contribution in [-0.2, 0) is 0 Å². The lowest BCUT2D eigenvalue weighted by Gasteiger charge is -2.27. The summed E-state index contributed by atoms with van der Waals surface area (Å²) in [6, 6.07) is 0. The summed E-state index contributed by atoms with van der Waals surface area (Å²) in [6.07, 6.45) is 9.50. The minimum absolute atomic E-state index is 0.303. The highest BCUT2D eigenvalue weighted by atomic mass is 14.5. The molecule has 0 unspecified atom stereocenters. The first kappa shape index (κ1) is 17.4. The molecule has 0 aliphatic heterocycles. The Bertz CT molecular complexity index is 479. The maximum atomic E-state index is 3.35. The fourth-order valence-electron chi connectivity index (χ4n) is 4.63. The summed E-state index contributed by atoms with van der Waals surface area (Å²) >= 11 is 0. The van der Waals surface area contributed by atoms with Gasteiger partial charge in [-0.3, -0.25) is 0 Å². The molecular weight excluding hydrogens is 264 g/mol. The Morgan fingerprint density at radius 1 is 0.545 bits per heavy atom. The molecule has 0 heteroatoms. The van der Waals surface area contributed by atoms with Crippen molar-refractivity contribution in [2.24, 2.45) is 21.7 Å². The second kappa shape index (κ2) is 5.30. The summed E-state index contributed by atoms with van der Waals surface area (Å²) in [5.74, 6) is 6.71. The van der Waals surface area contributed by atoms with Crippen LogP contribution in [0.3, 0.4) is 0 Å². The van der Waals surface area contributed by atoms with E-state index >= 15 is 0 Å². The van der Waals surface area contributed by atoms with Crippen molar-refractivity contribution in [2.45, 2.75) is 81.1 Å². The van der Waals surface area contributed by atoms with E-state index in [0.29, 0.717) is 21.7 Å². The van der Waals surface area contributed by atoms with Crippen LogP contribution >= 0.6 is 0 Å². The maximum Gasteiger partial charge on any atom is -0.0113 e. The third-order valence-corrected chi connectivity index (χ3v) is 6.18. The molecule has 0 amide bonds. The lowest BCUT2D eigenvalue weighted by Crippen LogP contribution is -2.16.